The number of non-ortho nitro benzene ring substituents is 1. The minimum atomic E-state index is -4.00. The third-order valence-corrected chi connectivity index (χ3v) is 4.34. The van der Waals surface area contributed by atoms with E-state index in [1.807, 2.05) is 0 Å². The largest absolute Gasteiger partial charge is 0.289 e. The molecule has 1 aromatic carbocycles. The molecule has 2 rings (SSSR count). The van der Waals surface area contributed by atoms with E-state index in [2.05, 4.69) is 4.40 Å². The van der Waals surface area contributed by atoms with E-state index in [9.17, 15) is 23.3 Å². The summed E-state index contributed by atoms with van der Waals surface area (Å²) >= 11 is 0. The zero-order valence-electron chi connectivity index (χ0n) is 11.8. The first-order valence-electron chi connectivity index (χ1n) is 6.21. The van der Waals surface area contributed by atoms with Crippen molar-refractivity contribution in [3.05, 3.63) is 57.7 Å². The van der Waals surface area contributed by atoms with Crippen LogP contribution in [0.5, 0.6) is 0 Å². The molecule has 1 aliphatic rings. The van der Waals surface area contributed by atoms with Gasteiger partial charge in [0.05, 0.1) is 15.5 Å². The Morgan fingerprint density at radius 3 is 2.00 bits per heavy atom. The summed E-state index contributed by atoms with van der Waals surface area (Å²) in [6, 6.07) is 4.44. The van der Waals surface area contributed by atoms with Crippen LogP contribution in [-0.4, -0.2) is 24.8 Å². The normalized spacial score (nSPS) is 15.2. The van der Waals surface area contributed by atoms with Crippen LogP contribution in [0.2, 0.25) is 0 Å². The lowest BCUT2D eigenvalue weighted by Crippen LogP contribution is -2.12. The number of ketones is 1. The van der Waals surface area contributed by atoms with Gasteiger partial charge >= 0.3 is 0 Å². The Labute approximate surface area is 126 Å². The Kier molecular flexibility index (Phi) is 4.05. The van der Waals surface area contributed by atoms with Gasteiger partial charge in [-0.3, -0.25) is 14.9 Å². The first kappa shape index (κ1) is 15.8. The first-order chi connectivity index (χ1) is 10.2. The summed E-state index contributed by atoms with van der Waals surface area (Å²) in [6.07, 6.45) is 2.77. The van der Waals surface area contributed by atoms with Crippen LogP contribution in [-0.2, 0) is 14.8 Å². The molecule has 0 heterocycles. The van der Waals surface area contributed by atoms with Gasteiger partial charge in [-0.25, -0.2) is 0 Å². The lowest BCUT2D eigenvalue weighted by atomic mass is 9.98. The topological polar surface area (TPSA) is 107 Å². The fraction of sp³-hybridized carbons (Fsp3) is 0.143. The highest BCUT2D eigenvalue weighted by molar-refractivity contribution is 7.90. The monoisotopic (exact) mass is 320 g/mol. The maximum absolute atomic E-state index is 12.2. The van der Waals surface area contributed by atoms with E-state index >= 15 is 0 Å². The standard InChI is InChI=1S/C14H12N2O5S/c1-9-7-11(8-10(2)14(9)17)15-22(20,21)13-5-3-12(4-6-13)16(18)19/h3-8H,1-2H3. The molecule has 0 amide bonds. The average Bonchev–Trinajstić information content (AvgIpc) is 2.44. The molecule has 0 saturated heterocycles. The van der Waals surface area contributed by atoms with Crippen LogP contribution in [0.15, 0.2) is 56.9 Å². The minimum Gasteiger partial charge on any atom is -0.289 e. The minimum absolute atomic E-state index is 0.146. The van der Waals surface area contributed by atoms with Gasteiger partial charge in [0.15, 0.2) is 5.78 Å². The molecular formula is C14H12N2O5S. The number of nitro benzene ring substituents is 1. The van der Waals surface area contributed by atoms with Gasteiger partial charge in [0.1, 0.15) is 0 Å². The molecule has 114 valence electrons. The van der Waals surface area contributed by atoms with E-state index in [-0.39, 0.29) is 22.1 Å². The second-order valence-corrected chi connectivity index (χ2v) is 6.33. The Bertz CT molecular complexity index is 822. The van der Waals surface area contributed by atoms with Gasteiger partial charge in [-0.2, -0.15) is 12.8 Å². The number of nitro groups is 1. The Morgan fingerprint density at radius 2 is 1.55 bits per heavy atom. The maximum Gasteiger partial charge on any atom is 0.282 e. The highest BCUT2D eigenvalue weighted by Crippen LogP contribution is 2.19. The van der Waals surface area contributed by atoms with E-state index in [1.54, 1.807) is 13.8 Å². The molecule has 7 nitrogen and oxygen atoms in total. The summed E-state index contributed by atoms with van der Waals surface area (Å²) in [7, 11) is -4.00. The van der Waals surface area contributed by atoms with Crippen molar-refractivity contribution in [3.8, 4) is 0 Å². The molecule has 0 bridgehead atoms. The molecule has 0 unspecified atom stereocenters. The molecule has 0 saturated carbocycles. The molecule has 0 N–H and O–H groups in total. The van der Waals surface area contributed by atoms with Gasteiger partial charge in [-0.1, -0.05) is 0 Å². The second-order valence-electron chi connectivity index (χ2n) is 4.73. The molecule has 0 radical (unpaired) electrons. The van der Waals surface area contributed by atoms with E-state index in [1.165, 1.54) is 12.2 Å². The highest BCUT2D eigenvalue weighted by atomic mass is 32.2. The van der Waals surface area contributed by atoms with E-state index in [0.29, 0.717) is 11.1 Å². The number of allylic oxidation sites excluding steroid dienone is 4. The van der Waals surface area contributed by atoms with Crippen LogP contribution in [0.25, 0.3) is 0 Å². The molecule has 1 aromatic rings. The molecular weight excluding hydrogens is 308 g/mol. The van der Waals surface area contributed by atoms with Gasteiger partial charge in [0.2, 0.25) is 0 Å². The number of Topliss-reactive ketones (excluding diaryl/α,β-unsaturated/α-hetero) is 1. The van der Waals surface area contributed by atoms with Crippen LogP contribution in [0.3, 0.4) is 0 Å². The quantitative estimate of drug-likeness (QED) is 0.482. The van der Waals surface area contributed by atoms with Crippen molar-refractivity contribution in [1.29, 1.82) is 0 Å². The molecule has 8 heteroatoms. The van der Waals surface area contributed by atoms with Crippen LogP contribution in [0.4, 0.5) is 5.69 Å². The summed E-state index contributed by atoms with van der Waals surface area (Å²) in [6.45, 7) is 3.15. The summed E-state index contributed by atoms with van der Waals surface area (Å²) in [5.74, 6) is -0.160. The van der Waals surface area contributed by atoms with E-state index < -0.39 is 14.9 Å². The van der Waals surface area contributed by atoms with Crippen LogP contribution in [0, 0.1) is 10.1 Å². The fourth-order valence-electron chi connectivity index (χ4n) is 1.91. The number of hydrogen-bond donors (Lipinski definition) is 0. The Hall–Kier alpha value is -2.61. The van der Waals surface area contributed by atoms with Crippen molar-refractivity contribution in [1.82, 2.24) is 0 Å². The number of nitrogens with zero attached hydrogens (tertiary/aromatic N) is 2. The molecule has 0 atom stereocenters. The number of benzene rings is 1. The predicted octanol–water partition coefficient (Wildman–Crippen LogP) is 2.20. The summed E-state index contributed by atoms with van der Waals surface area (Å²) in [5, 5.41) is 10.6. The lowest BCUT2D eigenvalue weighted by molar-refractivity contribution is -0.384. The SMILES string of the molecule is CC1=CC(=NS(=O)(=O)c2ccc([N+](=O)[O-])cc2)C=C(C)C1=O. The van der Waals surface area contributed by atoms with Crippen molar-refractivity contribution in [3.63, 3.8) is 0 Å². The van der Waals surface area contributed by atoms with Crippen molar-refractivity contribution in [2.24, 2.45) is 4.40 Å². The fourth-order valence-corrected chi connectivity index (χ4v) is 2.88. The van der Waals surface area contributed by atoms with Gasteiger partial charge in [0, 0.05) is 12.1 Å². The molecule has 1 aliphatic carbocycles. The average molecular weight is 320 g/mol. The third kappa shape index (κ3) is 3.17. The van der Waals surface area contributed by atoms with Gasteiger partial charge < -0.3 is 0 Å². The third-order valence-electron chi connectivity index (χ3n) is 3.02. The highest BCUT2D eigenvalue weighted by Gasteiger charge is 2.18. The first-order valence-corrected chi connectivity index (χ1v) is 7.65. The number of hydrogen-bond acceptors (Lipinski definition) is 5. The van der Waals surface area contributed by atoms with Gasteiger partial charge in [0.25, 0.3) is 15.7 Å². The number of carbonyl (C=O) groups excluding carboxylic acids is 1. The second kappa shape index (κ2) is 5.64. The molecule has 0 aromatic heterocycles. The number of sulfonamides is 1. The van der Waals surface area contributed by atoms with Crippen molar-refractivity contribution in [2.45, 2.75) is 18.7 Å². The summed E-state index contributed by atoms with van der Waals surface area (Å²) in [5.41, 5.74) is 0.740. The van der Waals surface area contributed by atoms with Crippen LogP contribution < -0.4 is 0 Å². The summed E-state index contributed by atoms with van der Waals surface area (Å²) < 4.78 is 28.0. The van der Waals surface area contributed by atoms with Crippen molar-refractivity contribution < 1.29 is 18.1 Å². The van der Waals surface area contributed by atoms with Crippen LogP contribution >= 0.6 is 0 Å². The smallest absolute Gasteiger partial charge is 0.282 e. The predicted molar refractivity (Wildman–Crippen MR) is 80.2 cm³/mol. The maximum atomic E-state index is 12.2. The van der Waals surface area contributed by atoms with Crippen LogP contribution in [0.1, 0.15) is 13.8 Å². The zero-order valence-corrected chi connectivity index (χ0v) is 12.6. The number of rotatable bonds is 3. The van der Waals surface area contributed by atoms with Crippen molar-refractivity contribution >= 4 is 27.2 Å². The molecule has 0 fully saturated rings. The molecule has 0 spiro atoms. The molecule has 22 heavy (non-hydrogen) atoms. The zero-order chi connectivity index (χ0) is 16.5. The Balaban J connectivity index is 2.41. The van der Waals surface area contributed by atoms with E-state index in [0.717, 1.165) is 24.3 Å². The Morgan fingerprint density at radius 1 is 1.05 bits per heavy atom. The summed E-state index contributed by atoms with van der Waals surface area (Å²) in [4.78, 5) is 21.4. The van der Waals surface area contributed by atoms with E-state index in [4.69, 9.17) is 0 Å². The lowest BCUT2D eigenvalue weighted by Gasteiger charge is -2.08. The molecule has 0 aliphatic heterocycles. The van der Waals surface area contributed by atoms with Crippen molar-refractivity contribution in [2.75, 3.05) is 0 Å². The number of carbonyl (C=O) groups is 1. The van der Waals surface area contributed by atoms with Gasteiger partial charge in [-0.05, 0) is 49.3 Å². The van der Waals surface area contributed by atoms with Gasteiger partial charge in [-0.15, -0.1) is 0 Å².